The third-order valence-electron chi connectivity index (χ3n) is 4.54. The van der Waals surface area contributed by atoms with Gasteiger partial charge in [-0.15, -0.1) is 0 Å². The normalized spacial score (nSPS) is 11.6. The summed E-state index contributed by atoms with van der Waals surface area (Å²) in [5, 5.41) is 23.8. The minimum Gasteiger partial charge on any atom is -0.391 e. The minimum atomic E-state index is -1.18. The lowest BCUT2D eigenvalue weighted by Crippen LogP contribution is -2.48. The van der Waals surface area contributed by atoms with Crippen molar-refractivity contribution in [3.05, 3.63) is 65.2 Å². The fourth-order valence-corrected chi connectivity index (χ4v) is 2.79. The van der Waals surface area contributed by atoms with Crippen molar-refractivity contribution in [2.45, 2.75) is 38.8 Å². The van der Waals surface area contributed by atoms with Crippen LogP contribution in [0.25, 0.3) is 0 Å². The summed E-state index contributed by atoms with van der Waals surface area (Å²) in [5.41, 5.74) is 2.41. The van der Waals surface area contributed by atoms with E-state index >= 15 is 0 Å². The molecule has 0 spiro atoms. The number of carbonyl (C=O) groups is 3. The molecule has 2 rings (SSSR count). The SMILES string of the molecule is CCCC(=O)Nc1ccc(C#CC#Cc2ccc(C(=O)N[C@H](C(=O)CO)[C@@H](C)O)cc2)cc1. The van der Waals surface area contributed by atoms with Crippen molar-refractivity contribution in [1.29, 1.82) is 0 Å². The van der Waals surface area contributed by atoms with Gasteiger partial charge in [0, 0.05) is 28.8 Å². The number of aliphatic hydroxyl groups is 2. The smallest absolute Gasteiger partial charge is 0.251 e. The Kier molecular flexibility index (Phi) is 9.85. The Morgan fingerprint density at radius 1 is 0.939 bits per heavy atom. The zero-order chi connectivity index (χ0) is 24.2. The van der Waals surface area contributed by atoms with E-state index in [-0.39, 0.29) is 11.5 Å². The van der Waals surface area contributed by atoms with Crippen molar-refractivity contribution >= 4 is 23.3 Å². The molecule has 33 heavy (non-hydrogen) atoms. The molecule has 4 N–H and O–H groups in total. The number of benzene rings is 2. The van der Waals surface area contributed by atoms with E-state index in [1.807, 2.05) is 6.92 Å². The quantitative estimate of drug-likeness (QED) is 0.462. The van der Waals surface area contributed by atoms with E-state index in [4.69, 9.17) is 5.11 Å². The molecule has 0 aliphatic carbocycles. The van der Waals surface area contributed by atoms with Crippen molar-refractivity contribution in [2.24, 2.45) is 0 Å². The van der Waals surface area contributed by atoms with Gasteiger partial charge in [-0.05, 0) is 73.7 Å². The lowest BCUT2D eigenvalue weighted by molar-refractivity contribution is -0.126. The first-order valence-corrected chi connectivity index (χ1v) is 10.5. The third kappa shape index (κ3) is 8.27. The zero-order valence-electron chi connectivity index (χ0n) is 18.5. The van der Waals surface area contributed by atoms with Crippen molar-refractivity contribution in [2.75, 3.05) is 11.9 Å². The highest BCUT2D eigenvalue weighted by atomic mass is 16.3. The summed E-state index contributed by atoms with van der Waals surface area (Å²) in [6.07, 6.45) is 0.140. The molecule has 0 aliphatic heterocycles. The number of amides is 2. The summed E-state index contributed by atoms with van der Waals surface area (Å²) in [6, 6.07) is 12.3. The maximum atomic E-state index is 12.3. The third-order valence-corrected chi connectivity index (χ3v) is 4.54. The molecule has 2 aromatic rings. The monoisotopic (exact) mass is 446 g/mol. The molecule has 0 saturated carbocycles. The Hall–Kier alpha value is -3.91. The molecule has 170 valence electrons. The Morgan fingerprint density at radius 2 is 1.48 bits per heavy atom. The molecule has 0 heterocycles. The predicted molar refractivity (Wildman–Crippen MR) is 125 cm³/mol. The summed E-state index contributed by atoms with van der Waals surface area (Å²) in [5.74, 6) is 10.1. The molecule has 2 aromatic carbocycles. The topological polar surface area (TPSA) is 116 Å². The van der Waals surface area contributed by atoms with Crippen LogP contribution >= 0.6 is 0 Å². The Labute approximate surface area is 193 Å². The molecule has 2 amide bonds. The molecule has 2 atom stereocenters. The molecule has 0 saturated heterocycles. The fourth-order valence-electron chi connectivity index (χ4n) is 2.79. The van der Waals surface area contributed by atoms with Gasteiger partial charge in [0.25, 0.3) is 5.91 Å². The molecular weight excluding hydrogens is 420 g/mol. The number of Topliss-reactive ketones (excluding diaryl/α,β-unsaturated/α-hetero) is 1. The molecular formula is C26H26N2O5. The second kappa shape index (κ2) is 12.8. The van der Waals surface area contributed by atoms with Gasteiger partial charge in [-0.3, -0.25) is 14.4 Å². The number of anilines is 1. The maximum Gasteiger partial charge on any atom is 0.251 e. The van der Waals surface area contributed by atoms with Crippen molar-refractivity contribution in [3.63, 3.8) is 0 Å². The highest BCUT2D eigenvalue weighted by Crippen LogP contribution is 2.09. The number of carbonyl (C=O) groups excluding carboxylic acids is 3. The van der Waals surface area contributed by atoms with Crippen LogP contribution in [-0.4, -0.2) is 46.6 Å². The van der Waals surface area contributed by atoms with Crippen LogP contribution in [-0.2, 0) is 9.59 Å². The Bertz CT molecular complexity index is 1100. The van der Waals surface area contributed by atoms with Crippen LogP contribution in [0.1, 0.15) is 48.2 Å². The van der Waals surface area contributed by atoms with Crippen LogP contribution < -0.4 is 10.6 Å². The van der Waals surface area contributed by atoms with Gasteiger partial charge in [-0.2, -0.15) is 0 Å². The molecule has 0 fully saturated rings. The van der Waals surface area contributed by atoms with Gasteiger partial charge < -0.3 is 20.8 Å². The summed E-state index contributed by atoms with van der Waals surface area (Å²) >= 11 is 0. The van der Waals surface area contributed by atoms with Crippen LogP contribution in [0.2, 0.25) is 0 Å². The van der Waals surface area contributed by atoms with E-state index in [0.29, 0.717) is 12.0 Å². The fraction of sp³-hybridized carbons (Fsp3) is 0.269. The maximum absolute atomic E-state index is 12.3. The molecule has 0 radical (unpaired) electrons. The van der Waals surface area contributed by atoms with Crippen molar-refractivity contribution in [1.82, 2.24) is 5.32 Å². The number of rotatable bonds is 8. The van der Waals surface area contributed by atoms with Crippen LogP contribution in [0, 0.1) is 23.7 Å². The standard InChI is InChI=1S/C26H26N2O5/c1-3-6-24(32)27-22-15-11-20(12-16-22)8-5-4-7-19-9-13-21(14-10-19)26(33)28-25(18(2)30)23(31)17-29/h9-16,18,25,29-30H,3,6,17H2,1-2H3,(H,27,32)(H,28,33)/t18-,25+/m1/s1. The summed E-state index contributed by atoms with van der Waals surface area (Å²) < 4.78 is 0. The zero-order valence-corrected chi connectivity index (χ0v) is 18.5. The average molecular weight is 447 g/mol. The van der Waals surface area contributed by atoms with E-state index < -0.39 is 30.4 Å². The van der Waals surface area contributed by atoms with Crippen LogP contribution in [0.4, 0.5) is 5.69 Å². The number of hydrogen-bond acceptors (Lipinski definition) is 5. The molecule has 0 bridgehead atoms. The number of nitrogens with one attached hydrogen (secondary N) is 2. The number of hydrogen-bond donors (Lipinski definition) is 4. The van der Waals surface area contributed by atoms with Crippen LogP contribution in [0.5, 0.6) is 0 Å². The highest BCUT2D eigenvalue weighted by Gasteiger charge is 2.25. The second-order valence-corrected chi connectivity index (χ2v) is 7.27. The molecule has 7 heteroatoms. The van der Waals surface area contributed by atoms with Gasteiger partial charge in [-0.1, -0.05) is 18.8 Å². The van der Waals surface area contributed by atoms with Gasteiger partial charge in [0.1, 0.15) is 12.6 Å². The van der Waals surface area contributed by atoms with Gasteiger partial charge in [0.15, 0.2) is 5.78 Å². The summed E-state index contributed by atoms with van der Waals surface area (Å²) in [6.45, 7) is 2.53. The van der Waals surface area contributed by atoms with E-state index in [1.54, 1.807) is 48.5 Å². The molecule has 0 unspecified atom stereocenters. The van der Waals surface area contributed by atoms with Gasteiger partial charge in [0.05, 0.1) is 6.10 Å². The summed E-state index contributed by atoms with van der Waals surface area (Å²) in [4.78, 5) is 35.5. The number of aliphatic hydroxyl groups excluding tert-OH is 2. The average Bonchev–Trinajstić information content (AvgIpc) is 2.81. The van der Waals surface area contributed by atoms with Gasteiger partial charge >= 0.3 is 0 Å². The van der Waals surface area contributed by atoms with E-state index in [9.17, 15) is 19.5 Å². The van der Waals surface area contributed by atoms with Gasteiger partial charge in [-0.25, -0.2) is 0 Å². The lowest BCUT2D eigenvalue weighted by atomic mass is 10.1. The highest BCUT2D eigenvalue weighted by molar-refractivity contribution is 5.98. The van der Waals surface area contributed by atoms with E-state index in [0.717, 1.165) is 17.7 Å². The van der Waals surface area contributed by atoms with E-state index in [2.05, 4.69) is 34.3 Å². The first kappa shape index (κ1) is 25.4. The Morgan fingerprint density at radius 3 is 1.97 bits per heavy atom. The lowest BCUT2D eigenvalue weighted by Gasteiger charge is -2.19. The van der Waals surface area contributed by atoms with Crippen LogP contribution in [0.3, 0.4) is 0 Å². The largest absolute Gasteiger partial charge is 0.391 e. The molecule has 0 aliphatic rings. The number of ketones is 1. The summed E-state index contributed by atoms with van der Waals surface area (Å²) in [7, 11) is 0. The molecule has 7 nitrogen and oxygen atoms in total. The second-order valence-electron chi connectivity index (χ2n) is 7.27. The first-order valence-electron chi connectivity index (χ1n) is 10.5. The predicted octanol–water partition coefficient (Wildman–Crippen LogP) is 1.87. The van der Waals surface area contributed by atoms with E-state index in [1.165, 1.54) is 6.92 Å². The first-order chi connectivity index (χ1) is 15.8. The Balaban J connectivity index is 1.97. The van der Waals surface area contributed by atoms with Crippen molar-refractivity contribution in [3.8, 4) is 23.7 Å². The minimum absolute atomic E-state index is 0.0212. The van der Waals surface area contributed by atoms with Gasteiger partial charge in [0.2, 0.25) is 5.91 Å². The molecule has 0 aromatic heterocycles. The van der Waals surface area contributed by atoms with Crippen LogP contribution in [0.15, 0.2) is 48.5 Å². The van der Waals surface area contributed by atoms with Crippen molar-refractivity contribution < 1.29 is 24.6 Å².